The number of nitrogens with two attached hydrogens (primary N) is 1. The quantitative estimate of drug-likeness (QED) is 0.765. The molecule has 0 bridgehead atoms. The van der Waals surface area contributed by atoms with Gasteiger partial charge in [-0.3, -0.25) is 0 Å². The van der Waals surface area contributed by atoms with Crippen molar-refractivity contribution in [3.63, 3.8) is 0 Å². The molecule has 3 rings (SSSR count). The summed E-state index contributed by atoms with van der Waals surface area (Å²) in [7, 11) is 0. The summed E-state index contributed by atoms with van der Waals surface area (Å²) in [6, 6.07) is 13.8. The molecule has 0 aromatic heterocycles. The predicted molar refractivity (Wildman–Crippen MR) is 105 cm³/mol. The fourth-order valence-electron chi connectivity index (χ4n) is 3.38. The van der Waals surface area contributed by atoms with E-state index in [0.29, 0.717) is 30.9 Å². The van der Waals surface area contributed by atoms with Gasteiger partial charge in [0.1, 0.15) is 18.2 Å². The molecule has 2 N–H and O–H groups in total. The SMILES string of the molecule is CC(N)CCOc1ccc(F)cc1[C@H]1CCCN1C(=O)OCc1ccccc1. The van der Waals surface area contributed by atoms with Crippen molar-refractivity contribution in [3.05, 3.63) is 65.5 Å². The number of rotatable bonds is 7. The number of carbonyl (C=O) groups is 1. The van der Waals surface area contributed by atoms with Crippen molar-refractivity contribution in [1.29, 1.82) is 0 Å². The van der Waals surface area contributed by atoms with E-state index in [9.17, 15) is 9.18 Å². The molecule has 1 aliphatic rings. The first-order valence-corrected chi connectivity index (χ1v) is 9.69. The molecule has 1 amide bonds. The van der Waals surface area contributed by atoms with Crippen LogP contribution in [-0.2, 0) is 11.3 Å². The average molecular weight is 386 g/mol. The van der Waals surface area contributed by atoms with Crippen LogP contribution in [0.5, 0.6) is 5.75 Å². The molecule has 2 atom stereocenters. The standard InChI is InChI=1S/C22H27FN2O3/c1-16(24)11-13-27-21-10-9-18(23)14-19(21)20-8-5-12-25(20)22(26)28-15-17-6-3-2-4-7-17/h2-4,6-7,9-10,14,16,20H,5,8,11-13,15,24H2,1H3/t16?,20-/m1/s1. The van der Waals surface area contributed by atoms with Crippen LogP contribution < -0.4 is 10.5 Å². The van der Waals surface area contributed by atoms with Gasteiger partial charge < -0.3 is 20.1 Å². The van der Waals surface area contributed by atoms with Gasteiger partial charge in [-0.1, -0.05) is 30.3 Å². The van der Waals surface area contributed by atoms with Crippen LogP contribution in [0.25, 0.3) is 0 Å². The third-order valence-corrected chi connectivity index (χ3v) is 4.85. The van der Waals surface area contributed by atoms with Crippen molar-refractivity contribution in [2.24, 2.45) is 5.73 Å². The van der Waals surface area contributed by atoms with E-state index in [4.69, 9.17) is 15.2 Å². The van der Waals surface area contributed by atoms with Crippen molar-refractivity contribution in [1.82, 2.24) is 4.90 Å². The zero-order valence-electron chi connectivity index (χ0n) is 16.1. The van der Waals surface area contributed by atoms with Gasteiger partial charge in [0.2, 0.25) is 0 Å². The van der Waals surface area contributed by atoms with E-state index in [2.05, 4.69) is 0 Å². The molecule has 1 fully saturated rings. The number of halogens is 1. The van der Waals surface area contributed by atoms with Crippen molar-refractivity contribution in [2.75, 3.05) is 13.2 Å². The second-order valence-electron chi connectivity index (χ2n) is 7.19. The molecule has 2 aromatic carbocycles. The topological polar surface area (TPSA) is 64.8 Å². The molecule has 0 saturated carbocycles. The molecule has 1 saturated heterocycles. The highest BCUT2D eigenvalue weighted by Crippen LogP contribution is 2.38. The van der Waals surface area contributed by atoms with E-state index in [1.54, 1.807) is 11.0 Å². The monoisotopic (exact) mass is 386 g/mol. The van der Waals surface area contributed by atoms with Gasteiger partial charge in [-0.25, -0.2) is 9.18 Å². The zero-order chi connectivity index (χ0) is 19.9. The number of likely N-dealkylation sites (tertiary alicyclic amines) is 1. The minimum Gasteiger partial charge on any atom is -0.493 e. The Morgan fingerprint density at radius 3 is 2.82 bits per heavy atom. The first-order valence-electron chi connectivity index (χ1n) is 9.69. The summed E-state index contributed by atoms with van der Waals surface area (Å²) in [4.78, 5) is 14.3. The van der Waals surface area contributed by atoms with Crippen LogP contribution in [0.4, 0.5) is 9.18 Å². The maximum absolute atomic E-state index is 13.9. The molecular formula is C22H27FN2O3. The highest BCUT2D eigenvalue weighted by Gasteiger charge is 2.33. The van der Waals surface area contributed by atoms with Crippen molar-refractivity contribution >= 4 is 6.09 Å². The predicted octanol–water partition coefficient (Wildman–Crippen LogP) is 4.42. The van der Waals surface area contributed by atoms with Gasteiger partial charge in [0.15, 0.2) is 0 Å². The largest absolute Gasteiger partial charge is 0.493 e. The zero-order valence-corrected chi connectivity index (χ0v) is 16.1. The summed E-state index contributed by atoms with van der Waals surface area (Å²) in [6.07, 6.45) is 1.89. The Labute approximate surface area is 165 Å². The summed E-state index contributed by atoms with van der Waals surface area (Å²) >= 11 is 0. The number of amides is 1. The molecule has 0 radical (unpaired) electrons. The van der Waals surface area contributed by atoms with Gasteiger partial charge in [-0.05, 0) is 49.9 Å². The molecular weight excluding hydrogens is 359 g/mol. The third kappa shape index (κ3) is 5.23. The lowest BCUT2D eigenvalue weighted by molar-refractivity contribution is 0.0915. The summed E-state index contributed by atoms with van der Waals surface area (Å²) in [5, 5.41) is 0. The lowest BCUT2D eigenvalue weighted by Gasteiger charge is -2.26. The highest BCUT2D eigenvalue weighted by atomic mass is 19.1. The molecule has 5 nitrogen and oxygen atoms in total. The summed E-state index contributed by atoms with van der Waals surface area (Å²) in [5.41, 5.74) is 7.38. The van der Waals surface area contributed by atoms with Crippen LogP contribution in [0, 0.1) is 5.82 Å². The maximum Gasteiger partial charge on any atom is 0.410 e. The number of carbonyl (C=O) groups excluding carboxylic acids is 1. The van der Waals surface area contributed by atoms with E-state index in [1.807, 2.05) is 37.3 Å². The third-order valence-electron chi connectivity index (χ3n) is 4.85. The molecule has 0 aliphatic carbocycles. The molecule has 6 heteroatoms. The fourth-order valence-corrected chi connectivity index (χ4v) is 3.38. The van der Waals surface area contributed by atoms with Crippen LogP contribution in [0.1, 0.15) is 43.4 Å². The van der Waals surface area contributed by atoms with Gasteiger partial charge >= 0.3 is 6.09 Å². The molecule has 0 spiro atoms. The lowest BCUT2D eigenvalue weighted by Crippen LogP contribution is -2.31. The van der Waals surface area contributed by atoms with Crippen LogP contribution in [0.15, 0.2) is 48.5 Å². The van der Waals surface area contributed by atoms with Gasteiger partial charge in [0, 0.05) is 18.2 Å². The number of hydrogen-bond acceptors (Lipinski definition) is 4. The van der Waals surface area contributed by atoms with Crippen LogP contribution in [-0.4, -0.2) is 30.2 Å². The Hall–Kier alpha value is -2.60. The average Bonchev–Trinajstić information content (AvgIpc) is 3.17. The molecule has 1 aliphatic heterocycles. The van der Waals surface area contributed by atoms with Gasteiger partial charge in [-0.15, -0.1) is 0 Å². The second kappa shape index (κ2) is 9.55. The summed E-state index contributed by atoms with van der Waals surface area (Å²) < 4.78 is 25.3. The molecule has 150 valence electrons. The van der Waals surface area contributed by atoms with Gasteiger partial charge in [0.25, 0.3) is 0 Å². The maximum atomic E-state index is 13.9. The second-order valence-corrected chi connectivity index (χ2v) is 7.19. The van der Waals surface area contributed by atoms with Gasteiger partial charge in [-0.2, -0.15) is 0 Å². The highest BCUT2D eigenvalue weighted by molar-refractivity contribution is 5.69. The van der Waals surface area contributed by atoms with E-state index < -0.39 is 6.09 Å². The van der Waals surface area contributed by atoms with Crippen molar-refractivity contribution < 1.29 is 18.7 Å². The fraction of sp³-hybridized carbons (Fsp3) is 0.409. The van der Waals surface area contributed by atoms with Gasteiger partial charge in [0.05, 0.1) is 12.6 Å². The molecule has 1 heterocycles. The van der Waals surface area contributed by atoms with Crippen LogP contribution >= 0.6 is 0 Å². The minimum absolute atomic E-state index is 0.0276. The summed E-state index contributed by atoms with van der Waals surface area (Å²) in [6.45, 7) is 3.15. The van der Waals surface area contributed by atoms with E-state index in [-0.39, 0.29) is 24.5 Å². The van der Waals surface area contributed by atoms with Crippen LogP contribution in [0.2, 0.25) is 0 Å². The molecule has 2 aromatic rings. The minimum atomic E-state index is -0.392. The normalized spacial score (nSPS) is 17.4. The Kier molecular flexibility index (Phi) is 6.87. The Morgan fingerprint density at radius 1 is 1.29 bits per heavy atom. The summed E-state index contributed by atoms with van der Waals surface area (Å²) in [5.74, 6) is 0.244. The smallest absolute Gasteiger partial charge is 0.410 e. The first kappa shape index (κ1) is 20.1. The molecule has 1 unspecified atom stereocenters. The Bertz CT molecular complexity index is 783. The van der Waals surface area contributed by atoms with Crippen LogP contribution in [0.3, 0.4) is 0 Å². The molecule has 28 heavy (non-hydrogen) atoms. The van der Waals surface area contributed by atoms with E-state index in [0.717, 1.165) is 18.4 Å². The first-order chi connectivity index (χ1) is 13.5. The number of ether oxygens (including phenoxy) is 2. The lowest BCUT2D eigenvalue weighted by atomic mass is 10.0. The number of nitrogens with zero attached hydrogens (tertiary/aromatic N) is 1. The Morgan fingerprint density at radius 2 is 2.07 bits per heavy atom. The van der Waals surface area contributed by atoms with Crippen molar-refractivity contribution in [3.8, 4) is 5.75 Å². The van der Waals surface area contributed by atoms with E-state index >= 15 is 0 Å². The number of hydrogen-bond donors (Lipinski definition) is 1. The van der Waals surface area contributed by atoms with Crippen molar-refractivity contribution in [2.45, 2.75) is 44.9 Å². The number of benzene rings is 2. The Balaban J connectivity index is 1.70. The van der Waals surface area contributed by atoms with E-state index in [1.165, 1.54) is 12.1 Å².